The second-order valence-corrected chi connectivity index (χ2v) is 6.01. The molecule has 0 saturated carbocycles. The predicted octanol–water partition coefficient (Wildman–Crippen LogP) is 2.43. The van der Waals surface area contributed by atoms with Crippen molar-refractivity contribution in [3.8, 4) is 17.2 Å². The highest BCUT2D eigenvalue weighted by Gasteiger charge is 2.23. The van der Waals surface area contributed by atoms with Crippen LogP contribution in [0.3, 0.4) is 0 Å². The molecule has 2 aromatic rings. The van der Waals surface area contributed by atoms with Crippen LogP contribution in [0.25, 0.3) is 0 Å². The largest absolute Gasteiger partial charge is 0.497 e. The standard InChI is InChI=1S/C20H24N2O4/c1-24-17-8-9-19(25-2)18(14-17)21-10-12-22(13-11-21)20(23)15-26-16-6-4-3-5-7-16/h3-9,14H,10-13,15H2,1-2H3. The van der Waals surface area contributed by atoms with Crippen molar-refractivity contribution in [3.63, 3.8) is 0 Å². The first-order valence-electron chi connectivity index (χ1n) is 8.64. The molecule has 1 fully saturated rings. The Hall–Kier alpha value is -2.89. The van der Waals surface area contributed by atoms with E-state index in [4.69, 9.17) is 14.2 Å². The maximum absolute atomic E-state index is 12.4. The number of nitrogens with zero attached hydrogens (tertiary/aromatic N) is 2. The van der Waals surface area contributed by atoms with Gasteiger partial charge in [-0.15, -0.1) is 0 Å². The zero-order valence-corrected chi connectivity index (χ0v) is 15.2. The highest BCUT2D eigenvalue weighted by Crippen LogP contribution is 2.32. The molecule has 1 aliphatic rings. The Morgan fingerprint density at radius 2 is 1.65 bits per heavy atom. The maximum atomic E-state index is 12.4. The maximum Gasteiger partial charge on any atom is 0.260 e. The van der Waals surface area contributed by atoms with E-state index in [0.717, 1.165) is 30.3 Å². The number of hydrogen-bond donors (Lipinski definition) is 0. The summed E-state index contributed by atoms with van der Waals surface area (Å²) in [5.41, 5.74) is 0.986. The topological polar surface area (TPSA) is 51.2 Å². The van der Waals surface area contributed by atoms with Crippen molar-refractivity contribution >= 4 is 11.6 Å². The molecule has 0 N–H and O–H groups in total. The highest BCUT2D eigenvalue weighted by atomic mass is 16.5. The van der Waals surface area contributed by atoms with E-state index in [2.05, 4.69) is 4.90 Å². The van der Waals surface area contributed by atoms with Gasteiger partial charge in [-0.2, -0.15) is 0 Å². The van der Waals surface area contributed by atoms with Crippen molar-refractivity contribution in [2.45, 2.75) is 0 Å². The summed E-state index contributed by atoms with van der Waals surface area (Å²) in [5, 5.41) is 0. The predicted molar refractivity (Wildman–Crippen MR) is 100 cm³/mol. The molecule has 138 valence electrons. The molecule has 1 heterocycles. The van der Waals surface area contributed by atoms with Crippen LogP contribution in [0.15, 0.2) is 48.5 Å². The molecular formula is C20H24N2O4. The third-order valence-electron chi connectivity index (χ3n) is 4.46. The minimum absolute atomic E-state index is 0.00566. The van der Waals surface area contributed by atoms with Crippen molar-refractivity contribution in [1.82, 2.24) is 4.90 Å². The van der Waals surface area contributed by atoms with E-state index in [0.29, 0.717) is 18.8 Å². The van der Waals surface area contributed by atoms with Crippen LogP contribution in [0.1, 0.15) is 0 Å². The lowest BCUT2D eigenvalue weighted by Crippen LogP contribution is -2.50. The van der Waals surface area contributed by atoms with E-state index in [9.17, 15) is 4.79 Å². The lowest BCUT2D eigenvalue weighted by molar-refractivity contribution is -0.133. The van der Waals surface area contributed by atoms with Gasteiger partial charge in [-0.25, -0.2) is 0 Å². The Balaban J connectivity index is 1.56. The van der Waals surface area contributed by atoms with Gasteiger partial charge in [0.1, 0.15) is 17.2 Å². The molecule has 2 aromatic carbocycles. The van der Waals surface area contributed by atoms with E-state index in [1.165, 1.54) is 0 Å². The summed E-state index contributed by atoms with van der Waals surface area (Å²) < 4.78 is 16.3. The zero-order chi connectivity index (χ0) is 18.4. The number of carbonyl (C=O) groups excluding carboxylic acids is 1. The number of piperazine rings is 1. The Bertz CT molecular complexity index is 728. The van der Waals surface area contributed by atoms with Crippen LogP contribution in [0, 0.1) is 0 Å². The number of amides is 1. The first-order valence-corrected chi connectivity index (χ1v) is 8.64. The number of anilines is 1. The number of methoxy groups -OCH3 is 2. The van der Waals surface area contributed by atoms with Crippen LogP contribution in [-0.2, 0) is 4.79 Å². The van der Waals surface area contributed by atoms with Gasteiger partial charge in [0.2, 0.25) is 0 Å². The van der Waals surface area contributed by atoms with Crippen molar-refractivity contribution in [3.05, 3.63) is 48.5 Å². The van der Waals surface area contributed by atoms with Crippen LogP contribution in [0.2, 0.25) is 0 Å². The van der Waals surface area contributed by atoms with Gasteiger partial charge in [0.25, 0.3) is 5.91 Å². The number of benzene rings is 2. The molecule has 0 atom stereocenters. The molecule has 0 unspecified atom stereocenters. The van der Waals surface area contributed by atoms with Gasteiger partial charge < -0.3 is 24.0 Å². The second kappa shape index (κ2) is 8.47. The van der Waals surface area contributed by atoms with E-state index in [-0.39, 0.29) is 12.5 Å². The number of hydrogen-bond acceptors (Lipinski definition) is 5. The Morgan fingerprint density at radius 1 is 0.923 bits per heavy atom. The van der Waals surface area contributed by atoms with E-state index < -0.39 is 0 Å². The summed E-state index contributed by atoms with van der Waals surface area (Å²) in [5.74, 6) is 2.31. The minimum Gasteiger partial charge on any atom is -0.497 e. The van der Waals surface area contributed by atoms with Gasteiger partial charge in [0, 0.05) is 32.2 Å². The fraction of sp³-hybridized carbons (Fsp3) is 0.350. The van der Waals surface area contributed by atoms with Crippen LogP contribution >= 0.6 is 0 Å². The summed E-state index contributed by atoms with van der Waals surface area (Å²) in [6.45, 7) is 2.84. The summed E-state index contributed by atoms with van der Waals surface area (Å²) in [4.78, 5) is 16.4. The van der Waals surface area contributed by atoms with Crippen LogP contribution < -0.4 is 19.1 Å². The summed E-state index contributed by atoms with van der Waals surface area (Å²) in [7, 11) is 3.31. The van der Waals surface area contributed by atoms with Crippen LogP contribution in [0.5, 0.6) is 17.2 Å². The zero-order valence-electron chi connectivity index (χ0n) is 15.2. The number of ether oxygens (including phenoxy) is 3. The Kier molecular flexibility index (Phi) is 5.84. The van der Waals surface area contributed by atoms with E-state index in [1.54, 1.807) is 14.2 Å². The molecule has 6 nitrogen and oxygen atoms in total. The van der Waals surface area contributed by atoms with Gasteiger partial charge in [-0.3, -0.25) is 4.79 Å². The molecule has 0 spiro atoms. The van der Waals surface area contributed by atoms with Gasteiger partial charge in [0.05, 0.1) is 19.9 Å². The number of carbonyl (C=O) groups is 1. The molecule has 1 saturated heterocycles. The lowest BCUT2D eigenvalue weighted by Gasteiger charge is -2.36. The molecule has 3 rings (SSSR count). The van der Waals surface area contributed by atoms with Gasteiger partial charge in [-0.05, 0) is 24.3 Å². The third kappa shape index (κ3) is 4.20. The third-order valence-corrected chi connectivity index (χ3v) is 4.46. The first kappa shape index (κ1) is 17.9. The summed E-state index contributed by atoms with van der Waals surface area (Å²) in [6, 6.07) is 15.1. The number of rotatable bonds is 6. The normalized spacial score (nSPS) is 14.1. The summed E-state index contributed by atoms with van der Waals surface area (Å²) >= 11 is 0. The fourth-order valence-electron chi connectivity index (χ4n) is 2.99. The molecule has 26 heavy (non-hydrogen) atoms. The molecular weight excluding hydrogens is 332 g/mol. The number of para-hydroxylation sites is 1. The molecule has 0 bridgehead atoms. The molecule has 0 aromatic heterocycles. The van der Waals surface area contributed by atoms with Crippen LogP contribution in [0.4, 0.5) is 5.69 Å². The van der Waals surface area contributed by atoms with Gasteiger partial charge in [0.15, 0.2) is 6.61 Å². The van der Waals surface area contributed by atoms with Gasteiger partial charge in [-0.1, -0.05) is 18.2 Å². The minimum atomic E-state index is 0.00566. The smallest absolute Gasteiger partial charge is 0.260 e. The second-order valence-electron chi connectivity index (χ2n) is 6.01. The monoisotopic (exact) mass is 356 g/mol. The van der Waals surface area contributed by atoms with Crippen LogP contribution in [-0.4, -0.2) is 57.8 Å². The SMILES string of the molecule is COc1ccc(OC)c(N2CCN(C(=O)COc3ccccc3)CC2)c1. The highest BCUT2D eigenvalue weighted by molar-refractivity contribution is 5.78. The van der Waals surface area contributed by atoms with E-state index in [1.807, 2.05) is 53.4 Å². The van der Waals surface area contributed by atoms with Crippen molar-refractivity contribution < 1.29 is 19.0 Å². The first-order chi connectivity index (χ1) is 12.7. The summed E-state index contributed by atoms with van der Waals surface area (Å²) in [6.07, 6.45) is 0. The fourth-order valence-corrected chi connectivity index (χ4v) is 2.99. The average molecular weight is 356 g/mol. The Labute approximate surface area is 153 Å². The van der Waals surface area contributed by atoms with Crippen molar-refractivity contribution in [1.29, 1.82) is 0 Å². The molecule has 1 aliphatic heterocycles. The molecule has 0 aliphatic carbocycles. The molecule has 6 heteroatoms. The van der Waals surface area contributed by atoms with Crippen molar-refractivity contribution in [2.24, 2.45) is 0 Å². The van der Waals surface area contributed by atoms with E-state index >= 15 is 0 Å². The van der Waals surface area contributed by atoms with Crippen molar-refractivity contribution in [2.75, 3.05) is 51.9 Å². The van der Waals surface area contributed by atoms with Gasteiger partial charge >= 0.3 is 0 Å². The Morgan fingerprint density at radius 3 is 2.31 bits per heavy atom. The quantitative estimate of drug-likeness (QED) is 0.796. The molecule has 0 radical (unpaired) electrons. The lowest BCUT2D eigenvalue weighted by atomic mass is 10.2. The average Bonchev–Trinajstić information content (AvgIpc) is 2.72. The molecule has 1 amide bonds.